The minimum Gasteiger partial charge on any atom is -0.489 e. The number of nitrogens with zero attached hydrogens (tertiary/aromatic N) is 1. The van der Waals surface area contributed by atoms with Crippen LogP contribution in [-0.4, -0.2) is 22.4 Å². The summed E-state index contributed by atoms with van der Waals surface area (Å²) in [6.07, 6.45) is 6.42. The van der Waals surface area contributed by atoms with Gasteiger partial charge in [0.1, 0.15) is 18.2 Å². The van der Waals surface area contributed by atoms with E-state index in [1.165, 1.54) is 0 Å². The van der Waals surface area contributed by atoms with Crippen molar-refractivity contribution in [2.75, 3.05) is 6.54 Å². The highest BCUT2D eigenvalue weighted by atomic mass is 16.5. The van der Waals surface area contributed by atoms with E-state index in [-0.39, 0.29) is 17.9 Å². The number of imidazole rings is 1. The van der Waals surface area contributed by atoms with Gasteiger partial charge in [-0.2, -0.15) is 0 Å². The van der Waals surface area contributed by atoms with Crippen molar-refractivity contribution in [3.05, 3.63) is 108 Å². The summed E-state index contributed by atoms with van der Waals surface area (Å²) >= 11 is 0. The number of H-pyrrole nitrogens is 1. The number of hydrogen-bond donors (Lipinski definition) is 3. The molecule has 38 heavy (non-hydrogen) atoms. The molecule has 0 bridgehead atoms. The number of nitrogens with one attached hydrogen (secondary N) is 2. The molecule has 4 aromatic rings. The summed E-state index contributed by atoms with van der Waals surface area (Å²) in [6, 6.07) is 28.1. The van der Waals surface area contributed by atoms with Crippen LogP contribution in [0.1, 0.15) is 48.7 Å². The fraction of sp³-hybridized carbons (Fsp3) is 0.312. The lowest BCUT2D eigenvalue weighted by atomic mass is 9.81. The maximum absolute atomic E-state index is 13.2. The van der Waals surface area contributed by atoms with Crippen LogP contribution in [-0.2, 0) is 17.8 Å². The van der Waals surface area contributed by atoms with E-state index in [0.29, 0.717) is 25.5 Å². The van der Waals surface area contributed by atoms with Crippen molar-refractivity contribution in [3.8, 4) is 17.0 Å². The highest BCUT2D eigenvalue weighted by Crippen LogP contribution is 2.30. The molecule has 3 aromatic carbocycles. The molecule has 1 saturated carbocycles. The van der Waals surface area contributed by atoms with Crippen LogP contribution in [0.15, 0.2) is 91.1 Å². The zero-order valence-electron chi connectivity index (χ0n) is 21.7. The molecule has 6 nitrogen and oxygen atoms in total. The predicted molar refractivity (Wildman–Crippen MR) is 150 cm³/mol. The molecule has 1 aliphatic carbocycles. The largest absolute Gasteiger partial charge is 0.489 e. The van der Waals surface area contributed by atoms with Gasteiger partial charge in [-0.15, -0.1) is 0 Å². The third-order valence-corrected chi connectivity index (χ3v) is 7.48. The summed E-state index contributed by atoms with van der Waals surface area (Å²) in [4.78, 5) is 21.5. The van der Waals surface area contributed by atoms with Crippen molar-refractivity contribution < 1.29 is 9.53 Å². The maximum Gasteiger partial charge on any atom is 0.223 e. The number of ether oxygens (including phenoxy) is 1. The zero-order valence-corrected chi connectivity index (χ0v) is 21.7. The number of benzene rings is 3. The second-order valence-corrected chi connectivity index (χ2v) is 10.2. The van der Waals surface area contributed by atoms with E-state index in [4.69, 9.17) is 15.5 Å². The van der Waals surface area contributed by atoms with E-state index < -0.39 is 0 Å². The van der Waals surface area contributed by atoms with Crippen LogP contribution in [0, 0.1) is 11.8 Å². The lowest BCUT2D eigenvalue weighted by Gasteiger charge is -2.28. The second-order valence-electron chi connectivity index (χ2n) is 10.2. The van der Waals surface area contributed by atoms with Crippen molar-refractivity contribution in [1.29, 1.82) is 0 Å². The van der Waals surface area contributed by atoms with Crippen molar-refractivity contribution in [2.24, 2.45) is 17.6 Å². The number of aromatic nitrogens is 2. The highest BCUT2D eigenvalue weighted by Gasteiger charge is 2.28. The van der Waals surface area contributed by atoms with Crippen LogP contribution in [0.5, 0.6) is 5.75 Å². The van der Waals surface area contributed by atoms with Gasteiger partial charge in [-0.25, -0.2) is 4.98 Å². The number of carbonyl (C=O) groups excluding carboxylic acids is 1. The van der Waals surface area contributed by atoms with Crippen molar-refractivity contribution in [3.63, 3.8) is 0 Å². The van der Waals surface area contributed by atoms with E-state index in [1.807, 2.05) is 66.9 Å². The molecule has 0 saturated heterocycles. The lowest BCUT2D eigenvalue weighted by molar-refractivity contribution is -0.127. The van der Waals surface area contributed by atoms with E-state index in [9.17, 15) is 4.79 Å². The SMILES string of the molecule is NC[C@H]1CC[C@H](C(=O)N[C@@H](Cc2ccccc2)c2nc(-c3ccc(OCc4ccccc4)cc3)c[nH]2)CC1. The Kier molecular flexibility index (Phi) is 8.51. The fourth-order valence-corrected chi connectivity index (χ4v) is 5.14. The Morgan fingerprint density at radius 3 is 2.24 bits per heavy atom. The van der Waals surface area contributed by atoms with Gasteiger partial charge in [0.15, 0.2) is 0 Å². The molecule has 1 amide bonds. The Morgan fingerprint density at radius 2 is 1.58 bits per heavy atom. The minimum atomic E-state index is -0.237. The van der Waals surface area contributed by atoms with Gasteiger partial charge >= 0.3 is 0 Å². The Balaban J connectivity index is 1.27. The first-order chi connectivity index (χ1) is 18.7. The summed E-state index contributed by atoms with van der Waals surface area (Å²) in [5.41, 5.74) is 9.96. The molecular formula is C32H36N4O2. The van der Waals surface area contributed by atoms with Gasteiger partial charge in [0, 0.05) is 17.7 Å². The first-order valence-corrected chi connectivity index (χ1v) is 13.5. The average molecular weight is 509 g/mol. The van der Waals surface area contributed by atoms with E-state index >= 15 is 0 Å². The summed E-state index contributed by atoms with van der Waals surface area (Å²) in [7, 11) is 0. The molecule has 1 fully saturated rings. The number of rotatable bonds is 10. The normalized spacial score (nSPS) is 18.0. The summed E-state index contributed by atoms with van der Waals surface area (Å²) < 4.78 is 5.93. The van der Waals surface area contributed by atoms with Gasteiger partial charge in [-0.05, 0) is 80.0 Å². The molecule has 0 aliphatic heterocycles. The number of aromatic amines is 1. The minimum absolute atomic E-state index is 0.0361. The molecule has 5 rings (SSSR count). The Hall–Kier alpha value is -3.90. The molecule has 196 valence electrons. The van der Waals surface area contributed by atoms with Crippen LogP contribution in [0.4, 0.5) is 0 Å². The van der Waals surface area contributed by atoms with Gasteiger partial charge in [-0.1, -0.05) is 60.7 Å². The van der Waals surface area contributed by atoms with Crippen molar-refractivity contribution in [2.45, 2.75) is 44.8 Å². The van der Waals surface area contributed by atoms with E-state index in [1.54, 1.807) is 0 Å². The zero-order chi connectivity index (χ0) is 26.2. The first-order valence-electron chi connectivity index (χ1n) is 13.5. The van der Waals surface area contributed by atoms with Gasteiger partial charge < -0.3 is 20.8 Å². The molecule has 1 atom stereocenters. The van der Waals surface area contributed by atoms with Gasteiger partial charge in [0.2, 0.25) is 5.91 Å². The Bertz CT molecular complexity index is 1280. The first kappa shape index (κ1) is 25.7. The maximum atomic E-state index is 13.2. The van der Waals surface area contributed by atoms with Crippen LogP contribution >= 0.6 is 0 Å². The molecular weight excluding hydrogens is 472 g/mol. The fourth-order valence-electron chi connectivity index (χ4n) is 5.14. The topological polar surface area (TPSA) is 93.0 Å². The van der Waals surface area contributed by atoms with Crippen molar-refractivity contribution in [1.82, 2.24) is 15.3 Å². The number of carbonyl (C=O) groups is 1. The van der Waals surface area contributed by atoms with Gasteiger partial charge in [0.05, 0.1) is 11.7 Å². The highest BCUT2D eigenvalue weighted by molar-refractivity contribution is 5.79. The molecule has 0 unspecified atom stereocenters. The van der Waals surface area contributed by atoms with E-state index in [0.717, 1.165) is 59.6 Å². The molecule has 6 heteroatoms. The lowest BCUT2D eigenvalue weighted by Crippen LogP contribution is -2.37. The summed E-state index contributed by atoms with van der Waals surface area (Å²) in [5.74, 6) is 2.26. The van der Waals surface area contributed by atoms with Crippen LogP contribution < -0.4 is 15.8 Å². The summed E-state index contributed by atoms with van der Waals surface area (Å²) in [5, 5.41) is 3.31. The smallest absolute Gasteiger partial charge is 0.223 e. The van der Waals surface area contributed by atoms with Crippen LogP contribution in [0.3, 0.4) is 0 Å². The van der Waals surface area contributed by atoms with E-state index in [2.05, 4.69) is 34.6 Å². The van der Waals surface area contributed by atoms with Gasteiger partial charge in [-0.3, -0.25) is 4.79 Å². The average Bonchev–Trinajstić information content (AvgIpc) is 3.47. The Morgan fingerprint density at radius 1 is 0.921 bits per heavy atom. The second kappa shape index (κ2) is 12.6. The summed E-state index contributed by atoms with van der Waals surface area (Å²) in [6.45, 7) is 1.24. The Labute approximate surface area is 224 Å². The monoisotopic (exact) mass is 508 g/mol. The molecule has 1 aromatic heterocycles. The third-order valence-electron chi connectivity index (χ3n) is 7.48. The third kappa shape index (κ3) is 6.69. The predicted octanol–water partition coefficient (Wildman–Crippen LogP) is 5.82. The number of hydrogen-bond acceptors (Lipinski definition) is 4. The molecule has 4 N–H and O–H groups in total. The van der Waals surface area contributed by atoms with Crippen LogP contribution in [0.2, 0.25) is 0 Å². The van der Waals surface area contributed by atoms with Gasteiger partial charge in [0.25, 0.3) is 0 Å². The molecule has 0 radical (unpaired) electrons. The van der Waals surface area contributed by atoms with Crippen molar-refractivity contribution >= 4 is 5.91 Å². The standard InChI is InChI=1S/C32H36N4O2/c33-20-24-11-13-27(14-12-24)32(37)36-29(19-23-7-3-1-4-8-23)31-34-21-30(35-31)26-15-17-28(18-16-26)38-22-25-9-5-2-6-10-25/h1-10,15-18,21,24,27,29H,11-14,19-20,22,33H2,(H,34,35)(H,36,37)/t24-,27-,29-/m0/s1. The molecule has 1 heterocycles. The quantitative estimate of drug-likeness (QED) is 0.252. The molecule has 0 spiro atoms. The molecule has 1 aliphatic rings. The number of nitrogens with two attached hydrogens (primary N) is 1. The number of amides is 1. The van der Waals surface area contributed by atoms with Crippen LogP contribution in [0.25, 0.3) is 11.3 Å².